The second kappa shape index (κ2) is 6.66. The lowest BCUT2D eigenvalue weighted by Gasteiger charge is -2.21. The lowest BCUT2D eigenvalue weighted by atomic mass is 10.1. The van der Waals surface area contributed by atoms with Crippen molar-refractivity contribution < 1.29 is 13.5 Å². The SMILES string of the molecule is CC(C)OCCN(C)c1ccc(CN)c(F)c1F. The molecule has 3 nitrogen and oxygen atoms in total. The first-order chi connectivity index (χ1) is 8.47. The van der Waals surface area contributed by atoms with Crippen LogP contribution in [0.15, 0.2) is 12.1 Å². The molecule has 2 N–H and O–H groups in total. The van der Waals surface area contributed by atoms with Crippen molar-refractivity contribution in [3.8, 4) is 0 Å². The summed E-state index contributed by atoms with van der Waals surface area (Å²) in [5, 5.41) is 0. The zero-order valence-corrected chi connectivity index (χ0v) is 11.0. The molecule has 0 spiro atoms. The Labute approximate surface area is 107 Å². The normalized spacial score (nSPS) is 11.1. The number of hydrogen-bond donors (Lipinski definition) is 1. The summed E-state index contributed by atoms with van der Waals surface area (Å²) in [7, 11) is 1.70. The third-order valence-electron chi connectivity index (χ3n) is 2.65. The summed E-state index contributed by atoms with van der Waals surface area (Å²) >= 11 is 0. The summed E-state index contributed by atoms with van der Waals surface area (Å²) in [5.74, 6) is -1.73. The maximum Gasteiger partial charge on any atom is 0.182 e. The molecule has 1 aromatic rings. The second-order valence-electron chi connectivity index (χ2n) is 4.42. The van der Waals surface area contributed by atoms with Gasteiger partial charge < -0.3 is 15.4 Å². The van der Waals surface area contributed by atoms with E-state index in [-0.39, 0.29) is 23.9 Å². The van der Waals surface area contributed by atoms with Crippen LogP contribution in [-0.4, -0.2) is 26.3 Å². The molecule has 18 heavy (non-hydrogen) atoms. The zero-order valence-electron chi connectivity index (χ0n) is 11.0. The molecule has 1 aromatic carbocycles. The molecular weight excluding hydrogens is 238 g/mol. The Hall–Kier alpha value is -1.20. The predicted octanol–water partition coefficient (Wildman–Crippen LogP) is 2.28. The molecule has 0 aromatic heterocycles. The Morgan fingerprint density at radius 3 is 2.50 bits per heavy atom. The number of benzene rings is 1. The van der Waals surface area contributed by atoms with Crippen molar-refractivity contribution in [2.24, 2.45) is 5.73 Å². The summed E-state index contributed by atoms with van der Waals surface area (Å²) < 4.78 is 32.7. The second-order valence-corrected chi connectivity index (χ2v) is 4.42. The van der Waals surface area contributed by atoms with Crippen molar-refractivity contribution in [3.05, 3.63) is 29.3 Å². The molecule has 0 atom stereocenters. The minimum absolute atomic E-state index is 0.0107. The fourth-order valence-electron chi connectivity index (χ4n) is 1.58. The van der Waals surface area contributed by atoms with Gasteiger partial charge in [-0.2, -0.15) is 0 Å². The van der Waals surface area contributed by atoms with Crippen LogP contribution in [-0.2, 0) is 11.3 Å². The van der Waals surface area contributed by atoms with E-state index in [1.54, 1.807) is 11.9 Å². The highest BCUT2D eigenvalue weighted by molar-refractivity contribution is 5.49. The maximum absolute atomic E-state index is 13.8. The molecule has 0 bridgehead atoms. The fraction of sp³-hybridized carbons (Fsp3) is 0.538. The summed E-state index contributed by atoms with van der Waals surface area (Å²) in [5.41, 5.74) is 5.72. The van der Waals surface area contributed by atoms with E-state index in [0.29, 0.717) is 13.2 Å². The number of nitrogens with two attached hydrogens (primary N) is 1. The first-order valence-electron chi connectivity index (χ1n) is 5.97. The Kier molecular flexibility index (Phi) is 5.50. The van der Waals surface area contributed by atoms with E-state index in [9.17, 15) is 8.78 Å². The van der Waals surface area contributed by atoms with Crippen LogP contribution < -0.4 is 10.6 Å². The smallest absolute Gasteiger partial charge is 0.182 e. The van der Waals surface area contributed by atoms with Gasteiger partial charge in [0.25, 0.3) is 0 Å². The molecule has 0 radical (unpaired) electrons. The van der Waals surface area contributed by atoms with Gasteiger partial charge in [-0.1, -0.05) is 6.07 Å². The number of rotatable bonds is 6. The Bertz CT molecular complexity index is 397. The average Bonchev–Trinajstić information content (AvgIpc) is 2.32. The van der Waals surface area contributed by atoms with Crippen LogP contribution in [0.4, 0.5) is 14.5 Å². The topological polar surface area (TPSA) is 38.5 Å². The van der Waals surface area contributed by atoms with Gasteiger partial charge in [0.05, 0.1) is 18.4 Å². The van der Waals surface area contributed by atoms with E-state index in [1.165, 1.54) is 12.1 Å². The van der Waals surface area contributed by atoms with Gasteiger partial charge in [-0.15, -0.1) is 0 Å². The van der Waals surface area contributed by atoms with Gasteiger partial charge in [0.1, 0.15) is 0 Å². The molecule has 102 valence electrons. The lowest BCUT2D eigenvalue weighted by Crippen LogP contribution is -2.25. The van der Waals surface area contributed by atoms with E-state index in [0.717, 1.165) is 0 Å². The van der Waals surface area contributed by atoms with Crippen LogP contribution in [0.5, 0.6) is 0 Å². The van der Waals surface area contributed by atoms with Crippen LogP contribution >= 0.6 is 0 Å². The standard InChI is InChI=1S/C13H20F2N2O/c1-9(2)18-7-6-17(3)11-5-4-10(8-16)12(14)13(11)15/h4-5,9H,6-8,16H2,1-3H3. The molecule has 5 heteroatoms. The number of hydrogen-bond acceptors (Lipinski definition) is 3. The molecule has 0 unspecified atom stereocenters. The van der Waals surface area contributed by atoms with Gasteiger partial charge >= 0.3 is 0 Å². The van der Waals surface area contributed by atoms with Crippen LogP contribution in [0.3, 0.4) is 0 Å². The summed E-state index contributed by atoms with van der Waals surface area (Å²) in [6.07, 6.45) is 0.125. The monoisotopic (exact) mass is 258 g/mol. The van der Waals surface area contributed by atoms with Crippen LogP contribution in [0, 0.1) is 11.6 Å². The van der Waals surface area contributed by atoms with Crippen LogP contribution in [0.2, 0.25) is 0 Å². The van der Waals surface area contributed by atoms with Gasteiger partial charge in [0, 0.05) is 25.7 Å². The number of ether oxygens (including phenoxy) is 1. The summed E-state index contributed by atoms with van der Waals surface area (Å²) in [4.78, 5) is 1.63. The quantitative estimate of drug-likeness (QED) is 0.850. The van der Waals surface area contributed by atoms with E-state index >= 15 is 0 Å². The molecule has 0 saturated carbocycles. The number of likely N-dealkylation sites (N-methyl/N-ethyl adjacent to an activating group) is 1. The third kappa shape index (κ3) is 3.65. The zero-order chi connectivity index (χ0) is 13.7. The van der Waals surface area contributed by atoms with Crippen LogP contribution in [0.25, 0.3) is 0 Å². The van der Waals surface area contributed by atoms with E-state index in [2.05, 4.69) is 0 Å². The van der Waals surface area contributed by atoms with Crippen molar-refractivity contribution >= 4 is 5.69 Å². The molecule has 0 fully saturated rings. The number of halogens is 2. The number of anilines is 1. The van der Waals surface area contributed by atoms with E-state index < -0.39 is 11.6 Å². The molecular formula is C13H20F2N2O. The predicted molar refractivity (Wildman–Crippen MR) is 68.6 cm³/mol. The van der Waals surface area contributed by atoms with Gasteiger partial charge in [0.15, 0.2) is 11.6 Å². The average molecular weight is 258 g/mol. The van der Waals surface area contributed by atoms with E-state index in [4.69, 9.17) is 10.5 Å². The molecule has 0 saturated heterocycles. The van der Waals surface area contributed by atoms with Crippen molar-refractivity contribution in [2.75, 3.05) is 25.1 Å². The first-order valence-corrected chi connectivity index (χ1v) is 5.97. The summed E-state index contributed by atoms with van der Waals surface area (Å²) in [6.45, 7) is 4.81. The maximum atomic E-state index is 13.8. The minimum atomic E-state index is -0.869. The molecule has 0 heterocycles. The first kappa shape index (κ1) is 14.9. The van der Waals surface area contributed by atoms with Gasteiger partial charge in [-0.3, -0.25) is 0 Å². The van der Waals surface area contributed by atoms with E-state index in [1.807, 2.05) is 13.8 Å². The highest BCUT2D eigenvalue weighted by atomic mass is 19.2. The molecule has 0 amide bonds. The van der Waals surface area contributed by atoms with Crippen molar-refractivity contribution in [1.29, 1.82) is 0 Å². The van der Waals surface area contributed by atoms with Crippen molar-refractivity contribution in [2.45, 2.75) is 26.5 Å². The van der Waals surface area contributed by atoms with Gasteiger partial charge in [0.2, 0.25) is 0 Å². The number of nitrogens with zero attached hydrogens (tertiary/aromatic N) is 1. The molecule has 0 aliphatic heterocycles. The van der Waals surface area contributed by atoms with Crippen LogP contribution in [0.1, 0.15) is 19.4 Å². The van der Waals surface area contributed by atoms with Gasteiger partial charge in [-0.05, 0) is 19.9 Å². The fourth-order valence-corrected chi connectivity index (χ4v) is 1.58. The Morgan fingerprint density at radius 2 is 1.94 bits per heavy atom. The van der Waals surface area contributed by atoms with Gasteiger partial charge in [-0.25, -0.2) is 8.78 Å². The molecule has 0 aliphatic rings. The molecule has 1 rings (SSSR count). The Morgan fingerprint density at radius 1 is 1.28 bits per heavy atom. The highest BCUT2D eigenvalue weighted by Crippen LogP contribution is 2.23. The lowest BCUT2D eigenvalue weighted by molar-refractivity contribution is 0.0845. The van der Waals surface area contributed by atoms with Crippen molar-refractivity contribution in [3.63, 3.8) is 0 Å². The largest absolute Gasteiger partial charge is 0.377 e. The third-order valence-corrected chi connectivity index (χ3v) is 2.65. The Balaban J connectivity index is 2.74. The molecule has 0 aliphatic carbocycles. The van der Waals surface area contributed by atoms with Crippen molar-refractivity contribution in [1.82, 2.24) is 0 Å². The minimum Gasteiger partial charge on any atom is -0.377 e. The highest BCUT2D eigenvalue weighted by Gasteiger charge is 2.15. The summed E-state index contributed by atoms with van der Waals surface area (Å²) in [6, 6.07) is 3.05.